The number of nitrogens with zero attached hydrogens (tertiary/aromatic N) is 2. The number of hydrogen-bond donors (Lipinski definition) is 2. The number of carbonyl (C=O) groups excluding carboxylic acids is 2. The van der Waals surface area contributed by atoms with E-state index in [0.717, 1.165) is 24.0 Å². The molecule has 0 fully saturated rings. The molecule has 0 radical (unpaired) electrons. The smallest absolute Gasteiger partial charge is 0.493 e. The molecule has 0 aliphatic heterocycles. The molecule has 4 N–H and O–H groups in total. The number of aromatic nitrogens is 2. The maximum atomic E-state index is 11.1. The largest absolute Gasteiger partial charge is 1.00 e. The van der Waals surface area contributed by atoms with E-state index in [1.165, 1.54) is 9.13 Å². The van der Waals surface area contributed by atoms with Gasteiger partial charge in [0.05, 0.1) is 12.4 Å². The van der Waals surface area contributed by atoms with Crippen LogP contribution in [-0.2, 0) is 12.8 Å². The first-order valence-electron chi connectivity index (χ1n) is 6.16. The van der Waals surface area contributed by atoms with E-state index in [1.54, 1.807) is 36.9 Å². The summed E-state index contributed by atoms with van der Waals surface area (Å²) >= 11 is 0. The third-order valence-corrected chi connectivity index (χ3v) is 2.94. The monoisotopic (exact) mass is 342 g/mol. The van der Waals surface area contributed by atoms with Crippen LogP contribution in [0.15, 0.2) is 49.1 Å². The van der Waals surface area contributed by atoms with Crippen molar-refractivity contribution in [3.63, 3.8) is 0 Å². The Morgan fingerprint density at radius 1 is 0.818 bits per heavy atom. The summed E-state index contributed by atoms with van der Waals surface area (Å²) < 4.78 is 2.67. The van der Waals surface area contributed by atoms with Crippen molar-refractivity contribution in [1.82, 2.24) is 0 Å². The molecule has 8 heteroatoms. The lowest BCUT2D eigenvalue weighted by atomic mass is 10.1. The van der Waals surface area contributed by atoms with Crippen LogP contribution in [0.1, 0.15) is 11.1 Å². The molecule has 2 amide bonds. The Balaban J connectivity index is 0.00000220. The Bertz CT molecular complexity index is 607. The van der Waals surface area contributed by atoms with Crippen LogP contribution in [0.5, 0.6) is 0 Å². The molecule has 0 atom stereocenters. The molecule has 2 rings (SSSR count). The molecular formula is C14H16Cl2N4O2. The molecule has 0 aliphatic carbocycles. The third kappa shape index (κ3) is 5.31. The lowest BCUT2D eigenvalue weighted by Gasteiger charge is -2.02. The average molecular weight is 343 g/mol. The van der Waals surface area contributed by atoms with Crippen LogP contribution in [0.25, 0.3) is 0 Å². The first kappa shape index (κ1) is 19.8. The number of hydrogen-bond acceptors (Lipinski definition) is 2. The summed E-state index contributed by atoms with van der Waals surface area (Å²) in [5.41, 5.74) is 12.4. The van der Waals surface area contributed by atoms with Gasteiger partial charge in [-0.05, 0) is 36.1 Å². The van der Waals surface area contributed by atoms with E-state index in [2.05, 4.69) is 0 Å². The van der Waals surface area contributed by atoms with Crippen molar-refractivity contribution in [1.29, 1.82) is 0 Å². The van der Waals surface area contributed by atoms with Crippen molar-refractivity contribution in [3.05, 3.63) is 60.2 Å². The van der Waals surface area contributed by atoms with Gasteiger partial charge in [-0.1, -0.05) is 12.1 Å². The van der Waals surface area contributed by atoms with Crippen molar-refractivity contribution in [2.45, 2.75) is 12.8 Å². The molecular weight excluding hydrogens is 327 g/mol. The number of amides is 2. The molecule has 0 aromatic carbocycles. The van der Waals surface area contributed by atoms with Gasteiger partial charge in [0, 0.05) is 0 Å². The molecule has 22 heavy (non-hydrogen) atoms. The van der Waals surface area contributed by atoms with Gasteiger partial charge in [0.15, 0.2) is 0 Å². The molecule has 0 saturated heterocycles. The predicted octanol–water partition coefficient (Wildman–Crippen LogP) is -6.09. The molecule has 2 aromatic heterocycles. The zero-order valence-electron chi connectivity index (χ0n) is 11.7. The summed E-state index contributed by atoms with van der Waals surface area (Å²) in [5, 5.41) is 0. The second kappa shape index (κ2) is 8.96. The van der Waals surface area contributed by atoms with Crippen LogP contribution in [-0.4, -0.2) is 12.1 Å². The molecule has 0 saturated carbocycles. The summed E-state index contributed by atoms with van der Waals surface area (Å²) in [6.07, 6.45) is 8.08. The normalized spacial score (nSPS) is 9.27. The minimum absolute atomic E-state index is 0. The fourth-order valence-corrected chi connectivity index (χ4v) is 1.91. The van der Waals surface area contributed by atoms with Gasteiger partial charge in [0.25, 0.3) is 0 Å². The van der Waals surface area contributed by atoms with E-state index in [4.69, 9.17) is 11.5 Å². The second-order valence-corrected chi connectivity index (χ2v) is 4.42. The molecule has 0 unspecified atom stereocenters. The summed E-state index contributed by atoms with van der Waals surface area (Å²) in [6, 6.07) is 6.36. The number of nitrogens with two attached hydrogens (primary N) is 2. The topological polar surface area (TPSA) is 93.9 Å². The zero-order valence-corrected chi connectivity index (χ0v) is 13.2. The van der Waals surface area contributed by atoms with Crippen molar-refractivity contribution in [2.24, 2.45) is 11.5 Å². The van der Waals surface area contributed by atoms with E-state index in [0.29, 0.717) is 0 Å². The lowest BCUT2D eigenvalue weighted by Crippen LogP contribution is -3.00. The Labute approximate surface area is 140 Å². The van der Waals surface area contributed by atoms with E-state index >= 15 is 0 Å². The Morgan fingerprint density at radius 3 is 1.50 bits per heavy atom. The van der Waals surface area contributed by atoms with Crippen LogP contribution < -0.4 is 45.4 Å². The van der Waals surface area contributed by atoms with Gasteiger partial charge in [-0.3, -0.25) is 11.5 Å². The van der Waals surface area contributed by atoms with Crippen molar-refractivity contribution in [3.8, 4) is 0 Å². The first-order chi connectivity index (χ1) is 9.56. The fraction of sp³-hybridized carbons (Fsp3) is 0.143. The standard InChI is InChI=1S/C14H14N4O2.2ClH/c15-13(19)17-7-1-3-11(9-17)5-6-12-4-2-8-18(10-12)14(16)20;;/h1-4,7-10H,5-6H2,(H2-2,15,16,19,20);2*1H. The van der Waals surface area contributed by atoms with Crippen molar-refractivity contribution >= 4 is 12.1 Å². The fourth-order valence-electron chi connectivity index (χ4n) is 1.91. The maximum Gasteiger partial charge on any atom is 0.493 e. The van der Waals surface area contributed by atoms with Crippen molar-refractivity contribution < 1.29 is 43.5 Å². The minimum atomic E-state index is -0.516. The van der Waals surface area contributed by atoms with E-state index < -0.39 is 12.1 Å². The Hall–Kier alpha value is -2.18. The Kier molecular flexibility index (Phi) is 8.08. The summed E-state index contributed by atoms with van der Waals surface area (Å²) in [4.78, 5) is 22.2. The molecule has 0 bridgehead atoms. The first-order valence-corrected chi connectivity index (χ1v) is 6.16. The van der Waals surface area contributed by atoms with Gasteiger partial charge in [0.2, 0.25) is 0 Å². The van der Waals surface area contributed by atoms with Crippen molar-refractivity contribution in [2.75, 3.05) is 0 Å². The summed E-state index contributed by atoms with van der Waals surface area (Å²) in [6.45, 7) is 0. The zero-order chi connectivity index (χ0) is 14.5. The lowest BCUT2D eigenvalue weighted by molar-refractivity contribution is -0.570. The van der Waals surface area contributed by atoms with Crippen LogP contribution in [0, 0.1) is 0 Å². The average Bonchev–Trinajstić information content (AvgIpc) is 2.45. The minimum Gasteiger partial charge on any atom is -1.00 e. The summed E-state index contributed by atoms with van der Waals surface area (Å²) in [5.74, 6) is 0. The number of pyridine rings is 2. The number of aryl methyl sites for hydroxylation is 2. The molecule has 2 heterocycles. The quantitative estimate of drug-likeness (QED) is 0.543. The number of primary amides is 2. The Morgan fingerprint density at radius 2 is 1.18 bits per heavy atom. The van der Waals surface area contributed by atoms with E-state index in [1.807, 2.05) is 12.1 Å². The molecule has 6 nitrogen and oxygen atoms in total. The molecule has 0 aliphatic rings. The van der Waals surface area contributed by atoms with Gasteiger partial charge in [-0.15, -0.1) is 0 Å². The predicted molar refractivity (Wildman–Crippen MR) is 70.6 cm³/mol. The summed E-state index contributed by atoms with van der Waals surface area (Å²) in [7, 11) is 0. The van der Waals surface area contributed by atoms with Crippen LogP contribution in [0.3, 0.4) is 0 Å². The van der Waals surface area contributed by atoms with Gasteiger partial charge in [0.1, 0.15) is 12.4 Å². The van der Waals surface area contributed by atoms with Gasteiger partial charge in [-0.25, -0.2) is 0 Å². The highest BCUT2D eigenvalue weighted by Gasteiger charge is 2.08. The highest BCUT2D eigenvalue weighted by atomic mass is 35.5. The number of carbonyl (C=O) groups is 2. The second-order valence-electron chi connectivity index (χ2n) is 4.42. The SMILES string of the molecule is NC(=O)[n+]1cccc(CCc2ccc[n+](C(N)=O)c2)c1.[Cl-].[Cl-]. The maximum absolute atomic E-state index is 11.1. The van der Waals surface area contributed by atoms with Crippen LogP contribution >= 0.6 is 0 Å². The molecule has 2 aromatic rings. The van der Waals surface area contributed by atoms with Crippen LogP contribution in [0.4, 0.5) is 9.59 Å². The highest BCUT2D eigenvalue weighted by Crippen LogP contribution is 2.03. The molecule has 0 spiro atoms. The van der Waals surface area contributed by atoms with Gasteiger partial charge in [-0.2, -0.15) is 18.7 Å². The molecule has 118 valence electrons. The van der Waals surface area contributed by atoms with E-state index in [-0.39, 0.29) is 24.8 Å². The van der Waals surface area contributed by atoms with Gasteiger partial charge >= 0.3 is 12.1 Å². The highest BCUT2D eigenvalue weighted by molar-refractivity contribution is 5.61. The third-order valence-electron chi connectivity index (χ3n) is 2.94. The van der Waals surface area contributed by atoms with E-state index in [9.17, 15) is 9.59 Å². The van der Waals surface area contributed by atoms with Gasteiger partial charge < -0.3 is 24.8 Å². The number of rotatable bonds is 3. The van der Waals surface area contributed by atoms with Crippen LogP contribution in [0.2, 0.25) is 0 Å². The number of halogens is 2.